The summed E-state index contributed by atoms with van der Waals surface area (Å²) < 4.78 is 0. The van der Waals surface area contributed by atoms with E-state index in [9.17, 15) is 0 Å². The molecule has 1 saturated heterocycles. The van der Waals surface area contributed by atoms with Gasteiger partial charge < -0.3 is 10.6 Å². The SMILES string of the molecule is CC(C)c1ccccc1NC1CCNC1. The predicted octanol–water partition coefficient (Wildman–Crippen LogP) is 2.58. The fourth-order valence-electron chi connectivity index (χ4n) is 2.13. The van der Waals surface area contributed by atoms with Gasteiger partial charge in [0, 0.05) is 18.3 Å². The van der Waals surface area contributed by atoms with E-state index in [-0.39, 0.29) is 0 Å². The highest BCUT2D eigenvalue weighted by Gasteiger charge is 2.15. The van der Waals surface area contributed by atoms with E-state index in [2.05, 4.69) is 48.7 Å². The second-order valence-corrected chi connectivity index (χ2v) is 4.58. The lowest BCUT2D eigenvalue weighted by molar-refractivity contribution is 0.784. The predicted molar refractivity (Wildman–Crippen MR) is 65.4 cm³/mol. The van der Waals surface area contributed by atoms with E-state index in [1.807, 2.05) is 0 Å². The molecule has 2 heteroatoms. The smallest absolute Gasteiger partial charge is 0.0398 e. The first-order chi connectivity index (χ1) is 7.27. The van der Waals surface area contributed by atoms with Crippen LogP contribution in [0.25, 0.3) is 0 Å². The van der Waals surface area contributed by atoms with Gasteiger partial charge in [-0.2, -0.15) is 0 Å². The molecule has 1 aromatic rings. The fraction of sp³-hybridized carbons (Fsp3) is 0.538. The number of rotatable bonds is 3. The maximum absolute atomic E-state index is 3.63. The van der Waals surface area contributed by atoms with Crippen LogP contribution in [0.4, 0.5) is 5.69 Å². The first kappa shape index (κ1) is 10.5. The van der Waals surface area contributed by atoms with Crippen molar-refractivity contribution in [3.05, 3.63) is 29.8 Å². The highest BCUT2D eigenvalue weighted by atomic mass is 15.0. The van der Waals surface area contributed by atoms with Crippen LogP contribution >= 0.6 is 0 Å². The van der Waals surface area contributed by atoms with E-state index in [1.54, 1.807) is 0 Å². The van der Waals surface area contributed by atoms with Crippen molar-refractivity contribution >= 4 is 5.69 Å². The molecule has 0 amide bonds. The summed E-state index contributed by atoms with van der Waals surface area (Å²) in [5, 5.41) is 7.01. The molecule has 1 heterocycles. The van der Waals surface area contributed by atoms with Crippen LogP contribution in [0.2, 0.25) is 0 Å². The highest BCUT2D eigenvalue weighted by Crippen LogP contribution is 2.24. The van der Waals surface area contributed by atoms with Crippen molar-refractivity contribution in [1.29, 1.82) is 0 Å². The van der Waals surface area contributed by atoms with Gasteiger partial charge in [0.1, 0.15) is 0 Å². The van der Waals surface area contributed by atoms with Gasteiger partial charge in [0.2, 0.25) is 0 Å². The molecule has 1 aliphatic rings. The van der Waals surface area contributed by atoms with E-state index < -0.39 is 0 Å². The van der Waals surface area contributed by atoms with Crippen LogP contribution in [0.15, 0.2) is 24.3 Å². The van der Waals surface area contributed by atoms with Crippen LogP contribution < -0.4 is 10.6 Å². The zero-order valence-corrected chi connectivity index (χ0v) is 9.59. The molecule has 0 aliphatic carbocycles. The molecule has 1 unspecified atom stereocenters. The van der Waals surface area contributed by atoms with Crippen LogP contribution in [0.3, 0.4) is 0 Å². The minimum atomic E-state index is 0.586. The minimum Gasteiger partial charge on any atom is -0.381 e. The molecule has 1 aromatic carbocycles. The zero-order valence-electron chi connectivity index (χ0n) is 9.59. The van der Waals surface area contributed by atoms with Crippen molar-refractivity contribution in [2.75, 3.05) is 18.4 Å². The second kappa shape index (κ2) is 4.67. The average molecular weight is 204 g/mol. The van der Waals surface area contributed by atoms with Gasteiger partial charge in [-0.25, -0.2) is 0 Å². The van der Waals surface area contributed by atoms with Gasteiger partial charge in [0.05, 0.1) is 0 Å². The molecule has 0 bridgehead atoms. The summed E-state index contributed by atoms with van der Waals surface area (Å²) in [6.07, 6.45) is 1.23. The zero-order chi connectivity index (χ0) is 10.7. The first-order valence-corrected chi connectivity index (χ1v) is 5.83. The number of benzene rings is 1. The molecule has 0 radical (unpaired) electrons. The third-order valence-corrected chi connectivity index (χ3v) is 3.00. The van der Waals surface area contributed by atoms with Crippen molar-refractivity contribution < 1.29 is 0 Å². The molecule has 82 valence electrons. The minimum absolute atomic E-state index is 0.586. The molecule has 15 heavy (non-hydrogen) atoms. The van der Waals surface area contributed by atoms with Gasteiger partial charge >= 0.3 is 0 Å². The molecule has 2 N–H and O–H groups in total. The van der Waals surface area contributed by atoms with Crippen molar-refractivity contribution in [2.45, 2.75) is 32.2 Å². The summed E-state index contributed by atoms with van der Waals surface area (Å²) in [6, 6.07) is 9.23. The van der Waals surface area contributed by atoms with Crippen molar-refractivity contribution in [3.8, 4) is 0 Å². The van der Waals surface area contributed by atoms with E-state index in [0.29, 0.717) is 12.0 Å². The number of para-hydroxylation sites is 1. The number of hydrogen-bond acceptors (Lipinski definition) is 2. The maximum Gasteiger partial charge on any atom is 0.0398 e. The molecule has 0 aromatic heterocycles. The van der Waals surface area contributed by atoms with Gasteiger partial charge in [-0.3, -0.25) is 0 Å². The normalized spacial score (nSPS) is 20.9. The Hall–Kier alpha value is -1.02. The summed E-state index contributed by atoms with van der Waals surface area (Å²) in [7, 11) is 0. The number of nitrogens with one attached hydrogen (secondary N) is 2. The van der Waals surface area contributed by atoms with Gasteiger partial charge in [0.15, 0.2) is 0 Å². The Balaban J connectivity index is 2.12. The third-order valence-electron chi connectivity index (χ3n) is 3.00. The Kier molecular flexibility index (Phi) is 3.27. The third kappa shape index (κ3) is 2.51. The Morgan fingerprint density at radius 1 is 1.33 bits per heavy atom. The van der Waals surface area contributed by atoms with Crippen LogP contribution in [-0.2, 0) is 0 Å². The molecule has 0 spiro atoms. The summed E-state index contributed by atoms with van der Waals surface area (Å²) in [5.41, 5.74) is 2.73. The largest absolute Gasteiger partial charge is 0.381 e. The van der Waals surface area contributed by atoms with E-state index in [4.69, 9.17) is 0 Å². The Bertz CT molecular complexity index is 314. The summed E-state index contributed by atoms with van der Waals surface area (Å²) in [6.45, 7) is 6.72. The first-order valence-electron chi connectivity index (χ1n) is 5.83. The monoisotopic (exact) mass is 204 g/mol. The molecule has 1 fully saturated rings. The van der Waals surface area contributed by atoms with E-state index >= 15 is 0 Å². The average Bonchev–Trinajstić information content (AvgIpc) is 2.71. The second-order valence-electron chi connectivity index (χ2n) is 4.58. The molecule has 1 atom stereocenters. The summed E-state index contributed by atoms with van der Waals surface area (Å²) in [5.74, 6) is 0.586. The maximum atomic E-state index is 3.63. The van der Waals surface area contributed by atoms with Crippen molar-refractivity contribution in [1.82, 2.24) is 5.32 Å². The van der Waals surface area contributed by atoms with Gasteiger partial charge in [-0.15, -0.1) is 0 Å². The Morgan fingerprint density at radius 3 is 2.80 bits per heavy atom. The molecular formula is C13H20N2. The quantitative estimate of drug-likeness (QED) is 0.790. The van der Waals surface area contributed by atoms with Crippen molar-refractivity contribution in [2.24, 2.45) is 0 Å². The van der Waals surface area contributed by atoms with E-state index in [0.717, 1.165) is 13.1 Å². The topological polar surface area (TPSA) is 24.1 Å². The van der Waals surface area contributed by atoms with Crippen LogP contribution in [-0.4, -0.2) is 19.1 Å². The lowest BCUT2D eigenvalue weighted by atomic mass is 10.0. The Morgan fingerprint density at radius 2 is 2.13 bits per heavy atom. The number of anilines is 1. The number of hydrogen-bond donors (Lipinski definition) is 2. The lowest BCUT2D eigenvalue weighted by Gasteiger charge is -2.18. The van der Waals surface area contributed by atoms with Crippen LogP contribution in [0, 0.1) is 0 Å². The molecule has 1 aliphatic heterocycles. The van der Waals surface area contributed by atoms with Gasteiger partial charge in [-0.1, -0.05) is 32.0 Å². The van der Waals surface area contributed by atoms with Crippen LogP contribution in [0.5, 0.6) is 0 Å². The van der Waals surface area contributed by atoms with Crippen molar-refractivity contribution in [3.63, 3.8) is 0 Å². The molecule has 2 nitrogen and oxygen atoms in total. The standard InChI is InChI=1S/C13H20N2/c1-10(2)12-5-3-4-6-13(12)15-11-7-8-14-9-11/h3-6,10-11,14-15H,7-9H2,1-2H3. The van der Waals surface area contributed by atoms with Crippen LogP contribution in [0.1, 0.15) is 31.7 Å². The van der Waals surface area contributed by atoms with Gasteiger partial charge in [-0.05, 0) is 30.5 Å². The fourth-order valence-corrected chi connectivity index (χ4v) is 2.13. The summed E-state index contributed by atoms with van der Waals surface area (Å²) in [4.78, 5) is 0. The highest BCUT2D eigenvalue weighted by molar-refractivity contribution is 5.53. The Labute approximate surface area is 92.1 Å². The summed E-state index contributed by atoms with van der Waals surface area (Å²) >= 11 is 0. The molecule has 2 rings (SSSR count). The van der Waals surface area contributed by atoms with E-state index in [1.165, 1.54) is 17.7 Å². The van der Waals surface area contributed by atoms with Gasteiger partial charge in [0.25, 0.3) is 0 Å². The molecular weight excluding hydrogens is 184 g/mol. The lowest BCUT2D eigenvalue weighted by Crippen LogP contribution is -2.22. The molecule has 0 saturated carbocycles.